The van der Waals surface area contributed by atoms with Crippen molar-refractivity contribution in [1.29, 1.82) is 0 Å². The lowest BCUT2D eigenvalue weighted by Crippen LogP contribution is -2.07. The van der Waals surface area contributed by atoms with Gasteiger partial charge in [0.05, 0.1) is 12.7 Å². The van der Waals surface area contributed by atoms with E-state index in [2.05, 4.69) is 4.98 Å². The lowest BCUT2D eigenvalue weighted by molar-refractivity contribution is 0.232. The Morgan fingerprint density at radius 2 is 2.31 bits per heavy atom. The second-order valence-corrected chi connectivity index (χ2v) is 3.36. The first-order valence-corrected chi connectivity index (χ1v) is 4.43. The zero-order valence-electron chi connectivity index (χ0n) is 7.62. The third-order valence-electron chi connectivity index (χ3n) is 1.39. The van der Waals surface area contributed by atoms with Crippen LogP contribution in [0.5, 0.6) is 5.88 Å². The number of aliphatic hydroxyl groups excluding tert-OH is 1. The van der Waals surface area contributed by atoms with Crippen molar-refractivity contribution in [3.8, 4) is 5.88 Å². The highest BCUT2D eigenvalue weighted by molar-refractivity contribution is 6.31. The minimum atomic E-state index is -0.0608. The molecule has 0 atom stereocenters. The first-order valence-electron chi connectivity index (χ1n) is 4.05. The summed E-state index contributed by atoms with van der Waals surface area (Å²) in [6.45, 7) is 3.74. The standard InChI is InChI=1S/C9H12ClNO2/c1-6(2)13-9-8(10)3-7(5-12)4-11-9/h3-4,6,12H,5H2,1-2H3. The van der Waals surface area contributed by atoms with E-state index < -0.39 is 0 Å². The smallest absolute Gasteiger partial charge is 0.232 e. The molecule has 0 aliphatic carbocycles. The van der Waals surface area contributed by atoms with Crippen LogP contribution < -0.4 is 4.74 Å². The van der Waals surface area contributed by atoms with Crippen molar-refractivity contribution in [3.63, 3.8) is 0 Å². The van der Waals surface area contributed by atoms with Crippen molar-refractivity contribution in [2.24, 2.45) is 0 Å². The van der Waals surface area contributed by atoms with Crippen LogP contribution in [-0.2, 0) is 6.61 Å². The van der Waals surface area contributed by atoms with E-state index in [1.807, 2.05) is 13.8 Å². The fraction of sp³-hybridized carbons (Fsp3) is 0.444. The molecule has 0 radical (unpaired) electrons. The van der Waals surface area contributed by atoms with Crippen LogP contribution in [0.15, 0.2) is 12.3 Å². The van der Waals surface area contributed by atoms with Gasteiger partial charge in [-0.1, -0.05) is 11.6 Å². The number of aromatic nitrogens is 1. The first kappa shape index (κ1) is 10.3. The highest BCUT2D eigenvalue weighted by Crippen LogP contribution is 2.23. The Kier molecular flexibility index (Phi) is 3.51. The Labute approximate surface area is 82.3 Å². The monoisotopic (exact) mass is 201 g/mol. The molecule has 1 aromatic heterocycles. The van der Waals surface area contributed by atoms with Gasteiger partial charge < -0.3 is 9.84 Å². The lowest BCUT2D eigenvalue weighted by atomic mass is 10.3. The minimum Gasteiger partial charge on any atom is -0.474 e. The summed E-state index contributed by atoms with van der Waals surface area (Å²) < 4.78 is 5.32. The van der Waals surface area contributed by atoms with E-state index in [4.69, 9.17) is 21.4 Å². The number of halogens is 1. The van der Waals surface area contributed by atoms with Crippen molar-refractivity contribution < 1.29 is 9.84 Å². The summed E-state index contributed by atoms with van der Waals surface area (Å²) in [6, 6.07) is 1.65. The molecule has 4 heteroatoms. The molecule has 1 rings (SSSR count). The highest BCUT2D eigenvalue weighted by Gasteiger charge is 2.05. The third-order valence-corrected chi connectivity index (χ3v) is 1.66. The van der Waals surface area contributed by atoms with Gasteiger partial charge >= 0.3 is 0 Å². The fourth-order valence-electron chi connectivity index (χ4n) is 0.861. The van der Waals surface area contributed by atoms with Gasteiger partial charge in [0.2, 0.25) is 5.88 Å². The number of hydrogen-bond donors (Lipinski definition) is 1. The molecule has 0 saturated carbocycles. The fourth-order valence-corrected chi connectivity index (χ4v) is 1.09. The molecule has 0 saturated heterocycles. The van der Waals surface area contributed by atoms with Crippen LogP contribution in [0.4, 0.5) is 0 Å². The van der Waals surface area contributed by atoms with E-state index in [-0.39, 0.29) is 12.7 Å². The topological polar surface area (TPSA) is 42.4 Å². The Bertz CT molecular complexity index is 289. The van der Waals surface area contributed by atoms with Crippen LogP contribution in [-0.4, -0.2) is 16.2 Å². The average molecular weight is 202 g/mol. The van der Waals surface area contributed by atoms with Crippen LogP contribution in [0.3, 0.4) is 0 Å². The number of aliphatic hydroxyl groups is 1. The maximum Gasteiger partial charge on any atom is 0.232 e. The predicted octanol–water partition coefficient (Wildman–Crippen LogP) is 2.01. The van der Waals surface area contributed by atoms with Crippen LogP contribution in [0.25, 0.3) is 0 Å². The normalized spacial score (nSPS) is 10.5. The molecule has 3 nitrogen and oxygen atoms in total. The molecule has 1 N–H and O–H groups in total. The molecule has 0 bridgehead atoms. The number of ether oxygens (including phenoxy) is 1. The molecule has 0 aliphatic heterocycles. The average Bonchev–Trinajstić information content (AvgIpc) is 2.08. The quantitative estimate of drug-likeness (QED) is 0.814. The highest BCUT2D eigenvalue weighted by atomic mass is 35.5. The summed E-state index contributed by atoms with van der Waals surface area (Å²) in [4.78, 5) is 3.98. The van der Waals surface area contributed by atoms with Crippen LogP contribution in [0, 0.1) is 0 Å². The molecule has 13 heavy (non-hydrogen) atoms. The number of hydrogen-bond acceptors (Lipinski definition) is 3. The lowest BCUT2D eigenvalue weighted by Gasteiger charge is -2.10. The summed E-state index contributed by atoms with van der Waals surface area (Å²) in [6.07, 6.45) is 1.59. The number of pyridine rings is 1. The Morgan fingerprint density at radius 1 is 1.62 bits per heavy atom. The largest absolute Gasteiger partial charge is 0.474 e. The number of nitrogens with zero attached hydrogens (tertiary/aromatic N) is 1. The van der Waals surface area contributed by atoms with Gasteiger partial charge in [0.15, 0.2) is 0 Å². The maximum absolute atomic E-state index is 8.80. The molecular weight excluding hydrogens is 190 g/mol. The van der Waals surface area contributed by atoms with E-state index >= 15 is 0 Å². The Morgan fingerprint density at radius 3 is 2.77 bits per heavy atom. The zero-order chi connectivity index (χ0) is 9.84. The van der Waals surface area contributed by atoms with Gasteiger partial charge in [0, 0.05) is 6.20 Å². The Balaban J connectivity index is 2.85. The molecule has 1 heterocycles. The second-order valence-electron chi connectivity index (χ2n) is 2.96. The summed E-state index contributed by atoms with van der Waals surface area (Å²) in [5.41, 5.74) is 0.682. The van der Waals surface area contributed by atoms with Gasteiger partial charge in [-0.2, -0.15) is 0 Å². The van der Waals surface area contributed by atoms with Crippen molar-refractivity contribution in [3.05, 3.63) is 22.8 Å². The summed E-state index contributed by atoms with van der Waals surface area (Å²) in [5.74, 6) is 0.411. The maximum atomic E-state index is 8.80. The van der Waals surface area contributed by atoms with Gasteiger partial charge in [-0.25, -0.2) is 4.98 Å². The van der Waals surface area contributed by atoms with E-state index in [0.717, 1.165) is 0 Å². The van der Waals surface area contributed by atoms with Crippen molar-refractivity contribution in [2.45, 2.75) is 26.6 Å². The van der Waals surface area contributed by atoms with E-state index in [9.17, 15) is 0 Å². The van der Waals surface area contributed by atoms with Crippen molar-refractivity contribution >= 4 is 11.6 Å². The van der Waals surface area contributed by atoms with Gasteiger partial charge in [0.1, 0.15) is 5.02 Å². The molecule has 72 valence electrons. The number of rotatable bonds is 3. The Hall–Kier alpha value is -0.800. The SMILES string of the molecule is CC(C)Oc1ncc(CO)cc1Cl. The minimum absolute atomic E-state index is 0.0463. The summed E-state index contributed by atoms with van der Waals surface area (Å²) >= 11 is 5.85. The summed E-state index contributed by atoms with van der Waals surface area (Å²) in [5, 5.41) is 9.23. The molecule has 0 amide bonds. The van der Waals surface area contributed by atoms with E-state index in [1.165, 1.54) is 0 Å². The van der Waals surface area contributed by atoms with Crippen LogP contribution in [0.1, 0.15) is 19.4 Å². The molecular formula is C9H12ClNO2. The molecule has 1 aromatic rings. The van der Waals surface area contributed by atoms with Gasteiger partial charge in [0.25, 0.3) is 0 Å². The summed E-state index contributed by atoms with van der Waals surface area (Å²) in [7, 11) is 0. The van der Waals surface area contributed by atoms with E-state index in [0.29, 0.717) is 16.5 Å². The van der Waals surface area contributed by atoms with Gasteiger partial charge in [-0.3, -0.25) is 0 Å². The molecule has 0 spiro atoms. The molecule has 0 aliphatic rings. The van der Waals surface area contributed by atoms with Crippen molar-refractivity contribution in [1.82, 2.24) is 4.98 Å². The van der Waals surface area contributed by atoms with Crippen LogP contribution >= 0.6 is 11.6 Å². The van der Waals surface area contributed by atoms with Crippen LogP contribution in [0.2, 0.25) is 5.02 Å². The second kappa shape index (κ2) is 4.44. The zero-order valence-corrected chi connectivity index (χ0v) is 8.38. The van der Waals surface area contributed by atoms with Crippen molar-refractivity contribution in [2.75, 3.05) is 0 Å². The molecule has 0 aromatic carbocycles. The van der Waals surface area contributed by atoms with Gasteiger partial charge in [-0.05, 0) is 25.5 Å². The third kappa shape index (κ3) is 2.86. The predicted molar refractivity (Wildman–Crippen MR) is 50.9 cm³/mol. The molecule has 0 fully saturated rings. The van der Waals surface area contributed by atoms with E-state index in [1.54, 1.807) is 12.3 Å². The molecule has 0 unspecified atom stereocenters. The van der Waals surface area contributed by atoms with Gasteiger partial charge in [-0.15, -0.1) is 0 Å². The first-order chi connectivity index (χ1) is 6.13.